The monoisotopic (exact) mass is 629 g/mol. The first-order valence-corrected chi connectivity index (χ1v) is 17.0. The van der Waals surface area contributed by atoms with Gasteiger partial charge in [-0.3, -0.25) is 14.5 Å². The number of aromatic nitrogens is 1. The van der Waals surface area contributed by atoms with E-state index < -0.39 is 6.10 Å². The lowest BCUT2D eigenvalue weighted by molar-refractivity contribution is -0.127. The number of unbranched alkanes of at least 4 members (excludes halogenated alkanes) is 1. The van der Waals surface area contributed by atoms with Gasteiger partial charge in [0.1, 0.15) is 5.75 Å². The Labute approximate surface area is 268 Å². The molecule has 2 fully saturated rings. The fourth-order valence-electron chi connectivity index (χ4n) is 6.79. The molecule has 2 saturated heterocycles. The number of hydrogen-bond acceptors (Lipinski definition) is 7. The number of aliphatic hydroxyl groups excluding tert-OH is 1. The van der Waals surface area contributed by atoms with E-state index >= 15 is 0 Å². The van der Waals surface area contributed by atoms with Crippen LogP contribution >= 0.6 is 11.3 Å². The van der Waals surface area contributed by atoms with Crippen molar-refractivity contribution in [2.24, 2.45) is 0 Å². The Kier molecular flexibility index (Phi) is 9.70. The second-order valence-electron chi connectivity index (χ2n) is 12.5. The summed E-state index contributed by atoms with van der Waals surface area (Å²) < 4.78 is 6.34. The summed E-state index contributed by atoms with van der Waals surface area (Å²) in [4.78, 5) is 34.1. The van der Waals surface area contributed by atoms with Gasteiger partial charge in [-0.25, -0.2) is 0 Å². The average Bonchev–Trinajstić information content (AvgIpc) is 3.54. The van der Waals surface area contributed by atoms with Gasteiger partial charge in [0.05, 0.1) is 35.3 Å². The molecular weight excluding hydrogens is 586 g/mol. The van der Waals surface area contributed by atoms with E-state index in [1.807, 2.05) is 11.0 Å². The number of likely N-dealkylation sites (tertiary alicyclic amines) is 1. The molecule has 0 radical (unpaired) electrons. The Morgan fingerprint density at radius 3 is 2.67 bits per heavy atom. The van der Waals surface area contributed by atoms with Crippen LogP contribution < -0.4 is 5.56 Å². The zero-order valence-corrected chi connectivity index (χ0v) is 26.8. The molecule has 2 aromatic heterocycles. The highest BCUT2D eigenvalue weighted by Crippen LogP contribution is 2.33. The molecule has 1 amide bonds. The van der Waals surface area contributed by atoms with Gasteiger partial charge in [0.25, 0.3) is 5.91 Å². The first kappa shape index (κ1) is 31.5. The van der Waals surface area contributed by atoms with E-state index in [1.54, 1.807) is 23.5 Å². The van der Waals surface area contributed by atoms with E-state index in [1.165, 1.54) is 28.1 Å². The van der Waals surface area contributed by atoms with Crippen LogP contribution in [0.3, 0.4) is 0 Å². The molecule has 2 aromatic carbocycles. The fourth-order valence-corrected chi connectivity index (χ4v) is 7.71. The number of aromatic amines is 1. The van der Waals surface area contributed by atoms with E-state index in [0.717, 1.165) is 68.6 Å². The number of fused-ring (bicyclic) bond motifs is 1. The highest BCUT2D eigenvalue weighted by atomic mass is 32.1. The molecule has 9 heteroatoms. The lowest BCUT2D eigenvalue weighted by Crippen LogP contribution is -2.57. The highest BCUT2D eigenvalue weighted by molar-refractivity contribution is 7.14. The Bertz CT molecular complexity index is 1690. The van der Waals surface area contributed by atoms with Crippen molar-refractivity contribution in [3.63, 3.8) is 0 Å². The lowest BCUT2D eigenvalue weighted by atomic mass is 9.89. The normalized spacial score (nSPS) is 17.6. The summed E-state index contributed by atoms with van der Waals surface area (Å²) in [5.74, 6) is 0.144. The van der Waals surface area contributed by atoms with Crippen molar-refractivity contribution in [1.29, 1.82) is 0 Å². The summed E-state index contributed by atoms with van der Waals surface area (Å²) in [7, 11) is 0. The van der Waals surface area contributed by atoms with E-state index in [0.29, 0.717) is 37.0 Å². The molecule has 238 valence electrons. The molecule has 8 nitrogen and oxygen atoms in total. The van der Waals surface area contributed by atoms with Crippen LogP contribution in [0.2, 0.25) is 0 Å². The van der Waals surface area contributed by atoms with Crippen molar-refractivity contribution in [3.8, 4) is 5.75 Å². The summed E-state index contributed by atoms with van der Waals surface area (Å²) in [5.41, 5.74) is 3.16. The van der Waals surface area contributed by atoms with E-state index in [4.69, 9.17) is 4.74 Å². The molecule has 2 aliphatic rings. The molecular formula is C36H43N3O5S. The molecule has 4 heterocycles. The van der Waals surface area contributed by atoms with Crippen LogP contribution in [0.15, 0.2) is 65.5 Å². The molecule has 1 atom stereocenters. The zero-order chi connectivity index (χ0) is 31.4. The van der Waals surface area contributed by atoms with Crippen LogP contribution in [0.4, 0.5) is 0 Å². The van der Waals surface area contributed by atoms with E-state index in [9.17, 15) is 19.8 Å². The van der Waals surface area contributed by atoms with Crippen molar-refractivity contribution in [3.05, 3.63) is 97.5 Å². The van der Waals surface area contributed by atoms with Crippen molar-refractivity contribution in [1.82, 2.24) is 14.8 Å². The minimum atomic E-state index is -0.671. The van der Waals surface area contributed by atoms with Gasteiger partial charge in [0, 0.05) is 42.5 Å². The Hall–Kier alpha value is -3.50. The zero-order valence-electron chi connectivity index (χ0n) is 26.0. The quantitative estimate of drug-likeness (QED) is 0.191. The topological polar surface area (TPSA) is 106 Å². The third-order valence-corrected chi connectivity index (χ3v) is 10.6. The largest absolute Gasteiger partial charge is 0.506 e. The second-order valence-corrected chi connectivity index (χ2v) is 13.7. The number of aliphatic hydroxyl groups is 1. The maximum absolute atomic E-state index is 13.2. The van der Waals surface area contributed by atoms with Crippen LogP contribution in [0.1, 0.15) is 76.4 Å². The number of phenolic OH excluding ortho intramolecular Hbond substituents is 1. The first-order chi connectivity index (χ1) is 21.8. The third-order valence-electron chi connectivity index (χ3n) is 9.38. The fraction of sp³-hybridized carbons (Fsp3) is 0.444. The minimum absolute atomic E-state index is 0.00305. The number of hydrogen-bond donors (Lipinski definition) is 3. The Morgan fingerprint density at radius 2 is 1.87 bits per heavy atom. The number of benzene rings is 2. The van der Waals surface area contributed by atoms with Gasteiger partial charge in [0.2, 0.25) is 5.56 Å². The number of ether oxygens (including phenoxy) is 1. The van der Waals surface area contributed by atoms with Gasteiger partial charge in [0.15, 0.2) is 0 Å². The number of pyridine rings is 1. The maximum Gasteiger partial charge on any atom is 0.264 e. The predicted octanol–water partition coefficient (Wildman–Crippen LogP) is 5.81. The number of amides is 1. The molecule has 0 unspecified atom stereocenters. The number of piperidine rings is 1. The SMILES string of the molecule is CCc1ccc(C(=O)N2CCOC3(CCN(Cc4cccc(CCCC[C@H](O)c5ccc(O)c6[nH]c(=O)ccc56)c4)CC3)C2)s1. The highest BCUT2D eigenvalue weighted by Gasteiger charge is 2.41. The summed E-state index contributed by atoms with van der Waals surface area (Å²) in [6.45, 7) is 6.85. The van der Waals surface area contributed by atoms with Crippen LogP contribution in [0.25, 0.3) is 10.9 Å². The minimum Gasteiger partial charge on any atom is -0.506 e. The number of nitrogens with one attached hydrogen (secondary N) is 1. The molecule has 0 aliphatic carbocycles. The number of thiophene rings is 1. The molecule has 6 rings (SSSR count). The first-order valence-electron chi connectivity index (χ1n) is 16.2. The van der Waals surface area contributed by atoms with E-state index in [2.05, 4.69) is 47.1 Å². The van der Waals surface area contributed by atoms with Gasteiger partial charge in [-0.2, -0.15) is 0 Å². The number of rotatable bonds is 10. The van der Waals surface area contributed by atoms with Crippen LogP contribution in [-0.2, 0) is 24.1 Å². The number of carbonyl (C=O) groups is 1. The van der Waals surface area contributed by atoms with Crippen molar-refractivity contribution in [2.75, 3.05) is 32.8 Å². The number of aromatic hydroxyl groups is 1. The van der Waals surface area contributed by atoms with E-state index in [-0.39, 0.29) is 22.8 Å². The summed E-state index contributed by atoms with van der Waals surface area (Å²) in [6.07, 6.45) is 5.50. The summed E-state index contributed by atoms with van der Waals surface area (Å²) in [6, 6.07) is 19.2. The number of morpholine rings is 1. The number of nitrogens with zero attached hydrogens (tertiary/aromatic N) is 2. The van der Waals surface area contributed by atoms with Gasteiger partial charge in [-0.05, 0) is 79.5 Å². The van der Waals surface area contributed by atoms with Crippen molar-refractivity contribution >= 4 is 28.1 Å². The van der Waals surface area contributed by atoms with Crippen molar-refractivity contribution < 1.29 is 19.7 Å². The molecule has 4 aromatic rings. The lowest BCUT2D eigenvalue weighted by Gasteiger charge is -2.47. The summed E-state index contributed by atoms with van der Waals surface area (Å²) >= 11 is 1.61. The van der Waals surface area contributed by atoms with Gasteiger partial charge >= 0.3 is 0 Å². The Morgan fingerprint density at radius 1 is 1.04 bits per heavy atom. The predicted molar refractivity (Wildman–Crippen MR) is 178 cm³/mol. The van der Waals surface area contributed by atoms with Crippen LogP contribution in [0.5, 0.6) is 5.75 Å². The number of H-pyrrole nitrogens is 1. The third kappa shape index (κ3) is 7.33. The molecule has 1 spiro atoms. The van der Waals surface area contributed by atoms with Crippen LogP contribution in [-0.4, -0.2) is 69.3 Å². The number of carbonyl (C=O) groups excluding carboxylic acids is 1. The second kappa shape index (κ2) is 13.9. The molecule has 0 bridgehead atoms. The maximum atomic E-state index is 13.2. The molecule has 0 saturated carbocycles. The van der Waals surface area contributed by atoms with Crippen LogP contribution in [0, 0.1) is 0 Å². The van der Waals surface area contributed by atoms with Gasteiger partial charge < -0.3 is 24.8 Å². The van der Waals surface area contributed by atoms with Gasteiger partial charge in [-0.1, -0.05) is 43.7 Å². The number of phenols is 1. The molecule has 45 heavy (non-hydrogen) atoms. The summed E-state index contributed by atoms with van der Waals surface area (Å²) in [5, 5.41) is 21.7. The molecule has 3 N–H and O–H groups in total. The van der Waals surface area contributed by atoms with Crippen molar-refractivity contribution in [2.45, 2.75) is 70.1 Å². The van der Waals surface area contributed by atoms with Gasteiger partial charge in [-0.15, -0.1) is 11.3 Å². The standard InChI is InChI=1S/C36H43N3O5S/c1-2-27-10-14-32(45-27)35(43)39-20-21-44-36(24-39)16-18-38(19-17-36)23-26-8-5-7-25(22-26)6-3-4-9-30(40)28-11-13-31(41)34-29(28)12-15-33(42)37-34/h5,7-8,10-15,22,30,40-41H,2-4,6,9,16-21,23-24H2,1H3,(H,37,42)/t30-/m0/s1. The smallest absolute Gasteiger partial charge is 0.264 e. The Balaban J connectivity index is 0.970. The number of aryl methyl sites for hydroxylation is 2. The average molecular weight is 630 g/mol. The molecule has 2 aliphatic heterocycles.